The summed E-state index contributed by atoms with van der Waals surface area (Å²) >= 11 is 0. The molecule has 0 radical (unpaired) electrons. The first-order valence-corrected chi connectivity index (χ1v) is 20.0. The highest BCUT2D eigenvalue weighted by Gasteiger charge is 2.55. The van der Waals surface area contributed by atoms with E-state index in [1.165, 1.54) is 23.9 Å². The minimum absolute atomic E-state index is 0.0421. The predicted octanol–water partition coefficient (Wildman–Crippen LogP) is 2.79. The standard InChI is InChI=1S/C29H41N2O13PS2/c1-19(2)43-45(34,44-20(3)4)17-47(37,38)18-46(35,36)15-13-23-25-26(42-29(5,6)41-25)27(40-23)30-14-12-24(32)31(28(30)33)16-21-8-10-22(39-7)11-9-21/h8-15,19-20,23,25-27H,16-18H2,1-7H3/b15-13+/t23-,25-,26-,27-/m1/s1. The van der Waals surface area contributed by atoms with E-state index in [0.717, 1.165) is 10.6 Å². The van der Waals surface area contributed by atoms with Gasteiger partial charge in [0.15, 0.2) is 42.3 Å². The van der Waals surface area contributed by atoms with Gasteiger partial charge in [-0.3, -0.25) is 18.5 Å². The second-order valence-electron chi connectivity index (χ2n) is 12.2. The third-order valence-corrected chi connectivity index (χ3v) is 14.5. The normalized spacial score (nSPS) is 23.2. The molecule has 15 nitrogen and oxygen atoms in total. The summed E-state index contributed by atoms with van der Waals surface area (Å²) in [5.74, 6) is -0.530. The Bertz CT molecular complexity index is 1830. The summed E-state index contributed by atoms with van der Waals surface area (Å²) in [5, 5.41) is -0.694. The van der Waals surface area contributed by atoms with Gasteiger partial charge in [-0.05, 0) is 65.3 Å². The van der Waals surface area contributed by atoms with Crippen molar-refractivity contribution in [2.24, 2.45) is 0 Å². The van der Waals surface area contributed by atoms with Crippen LogP contribution in [0.15, 0.2) is 57.6 Å². The summed E-state index contributed by atoms with van der Waals surface area (Å²) in [6.45, 7) is 9.41. The van der Waals surface area contributed by atoms with Gasteiger partial charge in [0, 0.05) is 17.7 Å². The quantitative estimate of drug-likeness (QED) is 0.260. The van der Waals surface area contributed by atoms with Crippen LogP contribution < -0.4 is 16.0 Å². The van der Waals surface area contributed by atoms with Gasteiger partial charge in [0.2, 0.25) is 0 Å². The number of benzene rings is 1. The van der Waals surface area contributed by atoms with Gasteiger partial charge in [-0.2, -0.15) is 0 Å². The Morgan fingerprint density at radius 1 is 0.957 bits per heavy atom. The molecule has 2 saturated heterocycles. The van der Waals surface area contributed by atoms with Crippen LogP contribution >= 0.6 is 7.60 Å². The number of hydrogen-bond donors (Lipinski definition) is 0. The summed E-state index contributed by atoms with van der Waals surface area (Å²) < 4.78 is 101. The molecule has 0 aliphatic carbocycles. The van der Waals surface area contributed by atoms with Crippen molar-refractivity contribution in [1.29, 1.82) is 0 Å². The van der Waals surface area contributed by atoms with E-state index in [1.807, 2.05) is 0 Å². The number of aromatic nitrogens is 2. The Kier molecular flexibility index (Phi) is 11.1. The van der Waals surface area contributed by atoms with Gasteiger partial charge in [-0.1, -0.05) is 12.1 Å². The van der Waals surface area contributed by atoms with Gasteiger partial charge in [0.05, 0.1) is 25.9 Å². The van der Waals surface area contributed by atoms with E-state index in [-0.39, 0.29) is 6.54 Å². The molecule has 0 spiro atoms. The van der Waals surface area contributed by atoms with Gasteiger partial charge < -0.3 is 28.0 Å². The Hall–Kier alpha value is -2.63. The molecule has 0 saturated carbocycles. The lowest BCUT2D eigenvalue weighted by Gasteiger charge is -2.24. The molecule has 0 amide bonds. The number of ether oxygens (including phenoxy) is 4. The average Bonchev–Trinajstić information content (AvgIpc) is 3.41. The van der Waals surface area contributed by atoms with E-state index in [4.69, 9.17) is 28.0 Å². The van der Waals surface area contributed by atoms with Gasteiger partial charge >= 0.3 is 13.3 Å². The molecule has 2 aromatic rings. The van der Waals surface area contributed by atoms with Crippen molar-refractivity contribution in [1.82, 2.24) is 9.13 Å². The monoisotopic (exact) mass is 720 g/mol. The predicted molar refractivity (Wildman–Crippen MR) is 172 cm³/mol. The smallest absolute Gasteiger partial charge is 0.346 e. The zero-order chi connectivity index (χ0) is 34.9. The molecule has 0 unspecified atom stereocenters. The van der Waals surface area contributed by atoms with Gasteiger partial charge in [-0.15, -0.1) is 0 Å². The van der Waals surface area contributed by atoms with E-state index < -0.39 is 91.6 Å². The molecule has 0 N–H and O–H groups in total. The fraction of sp³-hybridized carbons (Fsp3) is 0.586. The number of hydrogen-bond acceptors (Lipinski definition) is 13. The zero-order valence-electron chi connectivity index (χ0n) is 27.2. The molecule has 2 aliphatic heterocycles. The van der Waals surface area contributed by atoms with E-state index in [0.29, 0.717) is 16.7 Å². The van der Waals surface area contributed by atoms with Crippen LogP contribution in [0, 0.1) is 0 Å². The number of nitrogens with zero attached hydrogens (tertiary/aromatic N) is 2. The maximum atomic E-state index is 13.6. The van der Waals surface area contributed by atoms with Crippen molar-refractivity contribution in [2.45, 2.75) is 90.6 Å². The third kappa shape index (κ3) is 9.50. The Morgan fingerprint density at radius 2 is 1.55 bits per heavy atom. The molecule has 1 aromatic carbocycles. The van der Waals surface area contributed by atoms with Crippen LogP contribution in [-0.2, 0) is 54.0 Å². The molecule has 2 fully saturated rings. The average molecular weight is 721 g/mol. The molecule has 18 heteroatoms. The summed E-state index contributed by atoms with van der Waals surface area (Å²) in [6, 6.07) is 8.04. The van der Waals surface area contributed by atoms with Crippen LogP contribution in [0.5, 0.6) is 5.75 Å². The van der Waals surface area contributed by atoms with Crippen molar-refractivity contribution in [3.05, 3.63) is 74.4 Å². The number of fused-ring (bicyclic) bond motifs is 1. The molecule has 262 valence electrons. The first-order valence-electron chi connectivity index (χ1n) is 14.8. The first-order chi connectivity index (χ1) is 21.7. The van der Waals surface area contributed by atoms with Gasteiger partial charge in [0.25, 0.3) is 5.56 Å². The molecule has 2 aliphatic rings. The summed E-state index contributed by atoms with van der Waals surface area (Å²) in [6.07, 6.45) is -2.94. The highest BCUT2D eigenvalue weighted by Crippen LogP contribution is 2.51. The molecule has 1 aromatic heterocycles. The van der Waals surface area contributed by atoms with Crippen LogP contribution in [0.25, 0.3) is 0 Å². The van der Waals surface area contributed by atoms with Crippen molar-refractivity contribution in [3.63, 3.8) is 0 Å². The second-order valence-corrected chi connectivity index (χ2v) is 18.9. The lowest BCUT2D eigenvalue weighted by molar-refractivity contribution is -0.192. The maximum absolute atomic E-state index is 13.6. The maximum Gasteiger partial charge on any atom is 0.346 e. The molecule has 0 bridgehead atoms. The van der Waals surface area contributed by atoms with Crippen LogP contribution in [-0.4, -0.2) is 80.0 Å². The number of rotatable bonds is 14. The van der Waals surface area contributed by atoms with Crippen LogP contribution in [0.3, 0.4) is 0 Å². The number of sulfone groups is 2. The molecular formula is C29H41N2O13PS2. The molecule has 4 rings (SSSR count). The van der Waals surface area contributed by atoms with E-state index in [2.05, 4.69) is 0 Å². The van der Waals surface area contributed by atoms with E-state index in [9.17, 15) is 31.0 Å². The molecular weight excluding hydrogens is 679 g/mol. The van der Waals surface area contributed by atoms with Crippen molar-refractivity contribution < 1.29 is 49.4 Å². The highest BCUT2D eigenvalue weighted by molar-refractivity contribution is 8.11. The molecule has 3 heterocycles. The minimum Gasteiger partial charge on any atom is -0.497 e. The summed E-state index contributed by atoms with van der Waals surface area (Å²) in [4.78, 5) is 26.3. The third-order valence-electron chi connectivity index (χ3n) is 6.85. The second kappa shape index (κ2) is 14.1. The van der Waals surface area contributed by atoms with Gasteiger partial charge in [-0.25, -0.2) is 21.6 Å². The van der Waals surface area contributed by atoms with E-state index >= 15 is 0 Å². The zero-order valence-corrected chi connectivity index (χ0v) is 29.7. The lowest BCUT2D eigenvalue weighted by atomic mass is 10.1. The van der Waals surface area contributed by atoms with Crippen LogP contribution in [0.4, 0.5) is 0 Å². The SMILES string of the molecule is COc1ccc(Cn2c(=O)ccn([C@@H]3O[C@H](/C=C/S(=O)(=O)CS(=O)(=O)CP(=O)(OC(C)C)OC(C)C)[C@H]4OC(C)(C)O[C@H]43)c2=O)cc1. The highest BCUT2D eigenvalue weighted by atomic mass is 32.3. The van der Waals surface area contributed by atoms with Crippen LogP contribution in [0.2, 0.25) is 0 Å². The van der Waals surface area contributed by atoms with Crippen molar-refractivity contribution in [2.75, 3.05) is 17.7 Å². The van der Waals surface area contributed by atoms with Crippen LogP contribution in [0.1, 0.15) is 53.3 Å². The van der Waals surface area contributed by atoms with E-state index in [1.54, 1.807) is 65.8 Å². The van der Waals surface area contributed by atoms with Crippen molar-refractivity contribution in [3.8, 4) is 5.75 Å². The minimum atomic E-state index is -4.50. The molecule has 4 atom stereocenters. The Labute approximate surface area is 273 Å². The van der Waals surface area contributed by atoms with Crippen molar-refractivity contribution >= 4 is 27.3 Å². The lowest BCUT2D eigenvalue weighted by Crippen LogP contribution is -2.43. The Morgan fingerprint density at radius 3 is 2.13 bits per heavy atom. The fourth-order valence-corrected chi connectivity index (χ4v) is 12.7. The van der Waals surface area contributed by atoms with Gasteiger partial charge in [0.1, 0.15) is 24.1 Å². The largest absolute Gasteiger partial charge is 0.497 e. The molecule has 47 heavy (non-hydrogen) atoms. The Balaban J connectivity index is 1.58. The fourth-order valence-electron chi connectivity index (χ4n) is 5.26. The summed E-state index contributed by atoms with van der Waals surface area (Å²) in [7, 11) is -11.6. The number of methoxy groups -OCH3 is 1. The topological polar surface area (TPSA) is 185 Å². The first kappa shape index (κ1) is 37.2. The summed E-state index contributed by atoms with van der Waals surface area (Å²) in [5.41, 5.74) is -1.72.